The van der Waals surface area contributed by atoms with Gasteiger partial charge in [0.05, 0.1) is 12.7 Å². The first-order valence-corrected chi connectivity index (χ1v) is 4.94. The van der Waals surface area contributed by atoms with Gasteiger partial charge in [-0.15, -0.1) is 0 Å². The minimum absolute atomic E-state index is 0.436. The predicted octanol–water partition coefficient (Wildman–Crippen LogP) is 2.89. The van der Waals surface area contributed by atoms with E-state index in [2.05, 4.69) is 38.1 Å². The van der Waals surface area contributed by atoms with Gasteiger partial charge in [0.25, 0.3) is 0 Å². The monoisotopic (exact) mass is 176 g/mol. The molecule has 0 amide bonds. The van der Waals surface area contributed by atoms with Gasteiger partial charge in [-0.05, 0) is 25.8 Å². The molecule has 1 aliphatic heterocycles. The van der Waals surface area contributed by atoms with E-state index in [1.54, 1.807) is 0 Å². The number of ether oxygens (including phenoxy) is 1. The molecule has 0 N–H and O–H groups in total. The second kappa shape index (κ2) is 3.51. The van der Waals surface area contributed by atoms with Gasteiger partial charge in [0, 0.05) is 5.92 Å². The summed E-state index contributed by atoms with van der Waals surface area (Å²) in [6.07, 6.45) is 1.61. The topological polar surface area (TPSA) is 9.23 Å². The Morgan fingerprint density at radius 1 is 1.23 bits per heavy atom. The quantitative estimate of drug-likeness (QED) is 0.639. The Morgan fingerprint density at radius 3 is 2.46 bits per heavy atom. The molecule has 1 saturated heterocycles. The smallest absolute Gasteiger partial charge is 0.0554 e. The number of hydrogen-bond acceptors (Lipinski definition) is 1. The van der Waals surface area contributed by atoms with Crippen LogP contribution < -0.4 is 0 Å². The van der Waals surface area contributed by atoms with Gasteiger partial charge in [-0.25, -0.2) is 0 Å². The van der Waals surface area contributed by atoms with Crippen molar-refractivity contribution in [2.45, 2.75) is 32.3 Å². The molecular weight excluding hydrogens is 160 g/mol. The van der Waals surface area contributed by atoms with Gasteiger partial charge in [0.1, 0.15) is 0 Å². The van der Waals surface area contributed by atoms with E-state index in [4.69, 9.17) is 4.74 Å². The van der Waals surface area contributed by atoms with Crippen molar-refractivity contribution in [1.82, 2.24) is 0 Å². The summed E-state index contributed by atoms with van der Waals surface area (Å²) in [5, 5.41) is 0. The molecule has 1 heterocycles. The number of rotatable bonds is 1. The van der Waals surface area contributed by atoms with Crippen molar-refractivity contribution < 1.29 is 4.74 Å². The fraction of sp³-hybridized carbons (Fsp3) is 0.500. The maximum Gasteiger partial charge on any atom is 0.0554 e. The Kier molecular flexibility index (Phi) is 2.36. The van der Waals surface area contributed by atoms with Gasteiger partial charge >= 0.3 is 0 Å². The third-order valence-electron chi connectivity index (χ3n) is 2.75. The molecule has 0 saturated carbocycles. The van der Waals surface area contributed by atoms with E-state index in [9.17, 15) is 0 Å². The van der Waals surface area contributed by atoms with Crippen molar-refractivity contribution >= 4 is 0 Å². The molecule has 1 fully saturated rings. The normalized spacial score (nSPS) is 27.8. The summed E-state index contributed by atoms with van der Waals surface area (Å²) in [7, 11) is 0. The van der Waals surface area contributed by atoms with Crippen LogP contribution in [0.15, 0.2) is 24.3 Å². The first kappa shape index (κ1) is 8.76. The first-order valence-electron chi connectivity index (χ1n) is 4.94. The van der Waals surface area contributed by atoms with Crippen LogP contribution >= 0.6 is 0 Å². The van der Waals surface area contributed by atoms with E-state index in [1.807, 2.05) is 0 Å². The molecule has 1 nitrogen and oxygen atoms in total. The summed E-state index contributed by atoms with van der Waals surface area (Å²) in [4.78, 5) is 0. The average molecular weight is 176 g/mol. The Morgan fingerprint density at radius 2 is 1.92 bits per heavy atom. The third kappa shape index (κ3) is 1.92. The molecule has 13 heavy (non-hydrogen) atoms. The molecule has 1 aromatic rings. The Bertz CT molecular complexity index is 276. The highest BCUT2D eigenvalue weighted by atomic mass is 16.5. The molecule has 2 rings (SSSR count). The zero-order chi connectivity index (χ0) is 9.26. The largest absolute Gasteiger partial charge is 0.378 e. The van der Waals surface area contributed by atoms with E-state index >= 15 is 0 Å². The summed E-state index contributed by atoms with van der Waals surface area (Å²) in [5.74, 6) is 0.621. The lowest BCUT2D eigenvalue weighted by Gasteiger charge is -2.07. The molecule has 70 valence electrons. The van der Waals surface area contributed by atoms with Crippen LogP contribution in [0, 0.1) is 6.92 Å². The van der Waals surface area contributed by atoms with Crippen molar-refractivity contribution in [3.8, 4) is 0 Å². The fourth-order valence-corrected chi connectivity index (χ4v) is 1.89. The van der Waals surface area contributed by atoms with Crippen LogP contribution in [0.1, 0.15) is 30.4 Å². The summed E-state index contributed by atoms with van der Waals surface area (Å²) in [6.45, 7) is 5.16. The van der Waals surface area contributed by atoms with Crippen molar-refractivity contribution in [3.63, 3.8) is 0 Å². The van der Waals surface area contributed by atoms with Gasteiger partial charge in [-0.1, -0.05) is 29.8 Å². The predicted molar refractivity (Wildman–Crippen MR) is 54.0 cm³/mol. The molecule has 1 aromatic carbocycles. The molecule has 0 radical (unpaired) electrons. The highest BCUT2D eigenvalue weighted by molar-refractivity contribution is 5.25. The van der Waals surface area contributed by atoms with Gasteiger partial charge in [0.2, 0.25) is 0 Å². The van der Waals surface area contributed by atoms with Crippen LogP contribution in [0.4, 0.5) is 0 Å². The zero-order valence-electron chi connectivity index (χ0n) is 8.29. The van der Waals surface area contributed by atoms with Crippen LogP contribution in [0.25, 0.3) is 0 Å². The lowest BCUT2D eigenvalue weighted by atomic mass is 9.96. The van der Waals surface area contributed by atoms with E-state index in [0.29, 0.717) is 12.0 Å². The number of aryl methyl sites for hydroxylation is 1. The first-order chi connectivity index (χ1) is 6.25. The Hall–Kier alpha value is -0.820. The zero-order valence-corrected chi connectivity index (χ0v) is 8.29. The molecule has 1 heteroatoms. The van der Waals surface area contributed by atoms with E-state index in [-0.39, 0.29) is 0 Å². The maximum absolute atomic E-state index is 5.55. The van der Waals surface area contributed by atoms with Crippen molar-refractivity contribution in [2.75, 3.05) is 6.61 Å². The van der Waals surface area contributed by atoms with Crippen LogP contribution in [-0.2, 0) is 4.74 Å². The minimum Gasteiger partial charge on any atom is -0.378 e. The van der Waals surface area contributed by atoms with E-state index in [0.717, 1.165) is 6.61 Å². The van der Waals surface area contributed by atoms with Crippen LogP contribution in [0.3, 0.4) is 0 Å². The summed E-state index contributed by atoms with van der Waals surface area (Å²) < 4.78 is 5.55. The molecule has 0 aromatic heterocycles. The minimum atomic E-state index is 0.436. The standard InChI is InChI=1S/C12H16O/c1-9-3-5-11(6-4-9)12-7-10(2)13-8-12/h3-6,10,12H,7-8H2,1-2H3/t10-,12-/m0/s1. The van der Waals surface area contributed by atoms with Crippen molar-refractivity contribution in [1.29, 1.82) is 0 Å². The number of hydrogen-bond donors (Lipinski definition) is 0. The summed E-state index contributed by atoms with van der Waals surface area (Å²) in [5.41, 5.74) is 2.76. The molecule has 1 aliphatic rings. The van der Waals surface area contributed by atoms with Gasteiger partial charge in [-0.2, -0.15) is 0 Å². The lowest BCUT2D eigenvalue weighted by molar-refractivity contribution is 0.123. The second-order valence-electron chi connectivity index (χ2n) is 3.99. The lowest BCUT2D eigenvalue weighted by Crippen LogP contribution is -1.97. The van der Waals surface area contributed by atoms with E-state index < -0.39 is 0 Å². The van der Waals surface area contributed by atoms with Gasteiger partial charge in [0.15, 0.2) is 0 Å². The van der Waals surface area contributed by atoms with Crippen LogP contribution in [0.2, 0.25) is 0 Å². The highest BCUT2D eigenvalue weighted by Crippen LogP contribution is 2.28. The fourth-order valence-electron chi connectivity index (χ4n) is 1.89. The summed E-state index contributed by atoms with van der Waals surface area (Å²) >= 11 is 0. The molecule has 0 unspecified atom stereocenters. The molecule has 0 aliphatic carbocycles. The van der Waals surface area contributed by atoms with Gasteiger partial charge in [-0.3, -0.25) is 0 Å². The van der Waals surface area contributed by atoms with Crippen LogP contribution in [0.5, 0.6) is 0 Å². The van der Waals surface area contributed by atoms with Crippen molar-refractivity contribution in [3.05, 3.63) is 35.4 Å². The Labute approximate surface area is 79.7 Å². The van der Waals surface area contributed by atoms with Crippen LogP contribution in [-0.4, -0.2) is 12.7 Å². The molecular formula is C12H16O. The van der Waals surface area contributed by atoms with E-state index in [1.165, 1.54) is 17.5 Å². The molecule has 2 atom stereocenters. The van der Waals surface area contributed by atoms with Gasteiger partial charge < -0.3 is 4.74 Å². The maximum atomic E-state index is 5.55. The second-order valence-corrected chi connectivity index (χ2v) is 3.99. The SMILES string of the molecule is Cc1ccc([C@@H]2CO[C@@H](C)C2)cc1. The third-order valence-corrected chi connectivity index (χ3v) is 2.75. The average Bonchev–Trinajstić information content (AvgIpc) is 2.53. The molecule has 0 bridgehead atoms. The molecule has 0 spiro atoms. The Balaban J connectivity index is 2.13. The number of benzene rings is 1. The highest BCUT2D eigenvalue weighted by Gasteiger charge is 2.22. The summed E-state index contributed by atoms with van der Waals surface area (Å²) in [6, 6.07) is 8.80. The van der Waals surface area contributed by atoms with Crippen molar-refractivity contribution in [2.24, 2.45) is 0 Å².